The van der Waals surface area contributed by atoms with E-state index in [1.54, 1.807) is 24.3 Å². The number of aromatic amines is 1. The minimum Gasteiger partial charge on any atom is -0.496 e. The molecule has 1 aromatic carbocycles. The number of Topliss-reactive ketones (excluding diaryl/α,β-unsaturated/α-hetero) is 1. The van der Waals surface area contributed by atoms with E-state index in [1.807, 2.05) is 6.07 Å². The van der Waals surface area contributed by atoms with Crippen LogP contribution in [0.1, 0.15) is 56.4 Å². The molecule has 3 N–H and O–H groups in total. The van der Waals surface area contributed by atoms with E-state index in [9.17, 15) is 24.0 Å². The Morgan fingerprint density at radius 3 is 2.73 bits per heavy atom. The van der Waals surface area contributed by atoms with E-state index < -0.39 is 29.6 Å². The molecule has 3 rings (SSSR count). The minimum atomic E-state index is -1.75. The lowest BCUT2D eigenvalue weighted by molar-refractivity contribution is -0.125. The van der Waals surface area contributed by atoms with Gasteiger partial charge in [0, 0.05) is 29.7 Å². The van der Waals surface area contributed by atoms with Gasteiger partial charge in [-0.25, -0.2) is 4.39 Å². The van der Waals surface area contributed by atoms with Crippen LogP contribution < -0.4 is 15.4 Å². The molecule has 176 valence electrons. The maximum Gasteiger partial charge on any atom is 0.268 e. The number of amides is 2. The Hall–Kier alpha value is -3.41. The van der Waals surface area contributed by atoms with Gasteiger partial charge in [-0.15, -0.1) is 0 Å². The normalized spacial score (nSPS) is 17.9. The lowest BCUT2D eigenvalue weighted by Gasteiger charge is -2.25. The molecule has 0 bridgehead atoms. The SMILES string of the molecule is COc1cccc2[nH]c(C(=O)NC(CC(C)(C)F)C(=O)N[C@H](C#N)C[C@@H]3CCCC3=O)cc12. The highest BCUT2D eigenvalue weighted by molar-refractivity contribution is 6.01. The fourth-order valence-corrected chi connectivity index (χ4v) is 4.20. The first-order valence-electron chi connectivity index (χ1n) is 11.0. The number of fused-ring (bicyclic) bond motifs is 1. The van der Waals surface area contributed by atoms with Crippen LogP contribution in [0.15, 0.2) is 24.3 Å². The number of hydrogen-bond acceptors (Lipinski definition) is 5. The molecule has 1 aliphatic rings. The summed E-state index contributed by atoms with van der Waals surface area (Å²) in [7, 11) is 1.52. The van der Waals surface area contributed by atoms with Gasteiger partial charge in [-0.2, -0.15) is 5.26 Å². The van der Waals surface area contributed by atoms with Crippen molar-refractivity contribution in [1.82, 2.24) is 15.6 Å². The molecule has 1 aliphatic carbocycles. The average Bonchev–Trinajstić information content (AvgIpc) is 3.37. The Bertz CT molecular complexity index is 1080. The fraction of sp³-hybridized carbons (Fsp3) is 0.500. The Morgan fingerprint density at radius 2 is 2.12 bits per heavy atom. The largest absolute Gasteiger partial charge is 0.496 e. The quantitative estimate of drug-likeness (QED) is 0.535. The number of hydrogen-bond donors (Lipinski definition) is 3. The third-order valence-corrected chi connectivity index (χ3v) is 5.82. The summed E-state index contributed by atoms with van der Waals surface area (Å²) in [6.07, 6.45) is 1.88. The number of halogens is 1. The number of ether oxygens (including phenoxy) is 1. The molecule has 2 amide bonds. The Morgan fingerprint density at radius 1 is 1.36 bits per heavy atom. The zero-order chi connectivity index (χ0) is 24.2. The van der Waals surface area contributed by atoms with Crippen molar-refractivity contribution >= 4 is 28.5 Å². The van der Waals surface area contributed by atoms with Crippen molar-refractivity contribution < 1.29 is 23.5 Å². The van der Waals surface area contributed by atoms with Crippen LogP contribution in [0, 0.1) is 17.2 Å². The molecule has 0 aliphatic heterocycles. The smallest absolute Gasteiger partial charge is 0.268 e. The van der Waals surface area contributed by atoms with Gasteiger partial charge in [-0.05, 0) is 51.3 Å². The first kappa shape index (κ1) is 24.2. The molecule has 1 fully saturated rings. The highest BCUT2D eigenvalue weighted by atomic mass is 19.1. The number of benzene rings is 1. The van der Waals surface area contributed by atoms with Crippen molar-refractivity contribution in [2.45, 2.75) is 63.7 Å². The third-order valence-electron chi connectivity index (χ3n) is 5.82. The number of nitrogens with one attached hydrogen (secondary N) is 3. The van der Waals surface area contributed by atoms with Gasteiger partial charge in [0.2, 0.25) is 5.91 Å². The zero-order valence-electron chi connectivity index (χ0n) is 19.0. The standard InChI is InChI=1S/C24H29FN4O4/c1-24(2,25)12-19(23(32)27-15(13-26)10-14-6-4-8-20(14)30)29-22(31)18-11-16-17(28-18)7-5-9-21(16)33-3/h5,7,9,11,14-15,19,28H,4,6,8,10,12H2,1-3H3,(H,27,32)(H,29,31)/t14-,15-,19?/m0/s1. The van der Waals surface area contributed by atoms with Gasteiger partial charge in [-0.3, -0.25) is 14.4 Å². The molecule has 0 saturated heterocycles. The number of aromatic nitrogens is 1. The monoisotopic (exact) mass is 456 g/mol. The van der Waals surface area contributed by atoms with Gasteiger partial charge in [0.1, 0.15) is 35.0 Å². The summed E-state index contributed by atoms with van der Waals surface area (Å²) in [6.45, 7) is 2.62. The number of H-pyrrole nitrogens is 1. The van der Waals surface area contributed by atoms with E-state index in [4.69, 9.17) is 4.74 Å². The first-order valence-corrected chi connectivity index (χ1v) is 11.0. The Balaban J connectivity index is 1.74. The predicted molar refractivity (Wildman–Crippen MR) is 120 cm³/mol. The third kappa shape index (κ3) is 6.09. The maximum absolute atomic E-state index is 14.5. The van der Waals surface area contributed by atoms with Crippen LogP contribution in [0.3, 0.4) is 0 Å². The van der Waals surface area contributed by atoms with E-state index >= 15 is 0 Å². The van der Waals surface area contributed by atoms with E-state index in [-0.39, 0.29) is 30.2 Å². The molecule has 1 saturated carbocycles. The van der Waals surface area contributed by atoms with Crippen LogP contribution in [0.25, 0.3) is 10.9 Å². The Kier molecular flexibility index (Phi) is 7.36. The summed E-state index contributed by atoms with van der Waals surface area (Å²) < 4.78 is 19.8. The molecule has 0 radical (unpaired) electrons. The Labute approximate surface area is 191 Å². The zero-order valence-corrected chi connectivity index (χ0v) is 19.0. The molecule has 2 aromatic rings. The molecule has 1 heterocycles. The number of rotatable bonds is 9. The number of carbonyl (C=O) groups is 3. The molecular formula is C24H29FN4O4. The van der Waals surface area contributed by atoms with Crippen molar-refractivity contribution in [3.05, 3.63) is 30.0 Å². The number of carbonyl (C=O) groups excluding carboxylic acids is 3. The van der Waals surface area contributed by atoms with E-state index in [1.165, 1.54) is 21.0 Å². The van der Waals surface area contributed by atoms with Gasteiger partial charge in [0.25, 0.3) is 5.91 Å². The minimum absolute atomic E-state index is 0.0912. The second-order valence-electron chi connectivity index (χ2n) is 9.03. The fourth-order valence-electron chi connectivity index (χ4n) is 4.20. The average molecular weight is 457 g/mol. The summed E-state index contributed by atoms with van der Waals surface area (Å²) in [5, 5.41) is 15.3. The first-order chi connectivity index (χ1) is 15.6. The summed E-state index contributed by atoms with van der Waals surface area (Å²) in [6, 6.07) is 6.82. The van der Waals surface area contributed by atoms with Crippen LogP contribution in [0.4, 0.5) is 4.39 Å². The van der Waals surface area contributed by atoms with Crippen LogP contribution in [0.2, 0.25) is 0 Å². The molecule has 1 aromatic heterocycles. The van der Waals surface area contributed by atoms with Gasteiger partial charge in [0.05, 0.1) is 13.2 Å². The second-order valence-corrected chi connectivity index (χ2v) is 9.03. The highest BCUT2D eigenvalue weighted by Crippen LogP contribution is 2.27. The molecule has 1 unspecified atom stereocenters. The van der Waals surface area contributed by atoms with Crippen LogP contribution >= 0.6 is 0 Å². The molecule has 33 heavy (non-hydrogen) atoms. The number of methoxy groups -OCH3 is 1. The molecular weight excluding hydrogens is 427 g/mol. The summed E-state index contributed by atoms with van der Waals surface area (Å²) in [4.78, 5) is 40.7. The topological polar surface area (TPSA) is 124 Å². The van der Waals surface area contributed by atoms with Gasteiger partial charge < -0.3 is 20.4 Å². The van der Waals surface area contributed by atoms with E-state index in [2.05, 4.69) is 15.6 Å². The molecule has 0 spiro atoms. The second kappa shape index (κ2) is 10.0. The number of nitrogens with zero attached hydrogens (tertiary/aromatic N) is 1. The van der Waals surface area contributed by atoms with Crippen molar-refractivity contribution in [2.75, 3.05) is 7.11 Å². The van der Waals surface area contributed by atoms with Gasteiger partial charge in [0.15, 0.2) is 0 Å². The van der Waals surface area contributed by atoms with E-state index in [0.29, 0.717) is 29.5 Å². The van der Waals surface area contributed by atoms with Gasteiger partial charge >= 0.3 is 0 Å². The number of nitriles is 1. The number of ketones is 1. The van der Waals surface area contributed by atoms with Crippen LogP contribution in [0.5, 0.6) is 5.75 Å². The van der Waals surface area contributed by atoms with Gasteiger partial charge in [-0.1, -0.05) is 6.07 Å². The maximum atomic E-state index is 14.5. The number of alkyl halides is 1. The predicted octanol–water partition coefficient (Wildman–Crippen LogP) is 3.18. The van der Waals surface area contributed by atoms with Crippen molar-refractivity contribution in [1.29, 1.82) is 5.26 Å². The molecule has 8 nitrogen and oxygen atoms in total. The lowest BCUT2D eigenvalue weighted by Crippen LogP contribution is -2.51. The van der Waals surface area contributed by atoms with Crippen molar-refractivity contribution in [2.24, 2.45) is 5.92 Å². The molecule has 3 atom stereocenters. The van der Waals surface area contributed by atoms with Crippen molar-refractivity contribution in [3.63, 3.8) is 0 Å². The highest BCUT2D eigenvalue weighted by Gasteiger charge is 2.33. The summed E-state index contributed by atoms with van der Waals surface area (Å²) in [5.74, 6) is -0.840. The molecule has 9 heteroatoms. The van der Waals surface area contributed by atoms with Crippen LogP contribution in [-0.2, 0) is 9.59 Å². The van der Waals surface area contributed by atoms with Crippen LogP contribution in [-0.4, -0.2) is 47.4 Å². The lowest BCUT2D eigenvalue weighted by atomic mass is 9.96. The van der Waals surface area contributed by atoms with Crippen molar-refractivity contribution in [3.8, 4) is 11.8 Å². The summed E-state index contributed by atoms with van der Waals surface area (Å²) in [5.41, 5.74) is -0.878. The summed E-state index contributed by atoms with van der Waals surface area (Å²) >= 11 is 0. The van der Waals surface area contributed by atoms with E-state index in [0.717, 1.165) is 6.42 Å².